The van der Waals surface area contributed by atoms with Crippen LogP contribution in [0.3, 0.4) is 0 Å². The third-order valence-electron chi connectivity index (χ3n) is 9.07. The van der Waals surface area contributed by atoms with Crippen LogP contribution in [-0.4, -0.2) is 80.3 Å². The standard InChI is InChI=1S/C39H48F2N2O8S/c1-8-48-36(44)34(50-30-15-11-26(12-16-30)38(2,3)4)19-25-9-13-29(14-10-25)49-18-17-43(37(45)51-39(5,6)7)35-32-23-42(24-33(32)35)52(46,47)31-21-27(40)20-28(41)22-31/h9-16,20-22,32-35H,8,17-19,23-24H2,1-7H3/t32-,33+,34-,35+/m0/s1. The molecule has 4 atom stereocenters. The zero-order valence-corrected chi connectivity index (χ0v) is 31.5. The van der Waals surface area contributed by atoms with Crippen molar-refractivity contribution >= 4 is 22.1 Å². The number of fused-ring (bicyclic) bond motifs is 1. The van der Waals surface area contributed by atoms with Crippen LogP contribution in [0.15, 0.2) is 71.6 Å². The van der Waals surface area contributed by atoms with Gasteiger partial charge >= 0.3 is 12.1 Å². The van der Waals surface area contributed by atoms with Crippen LogP contribution in [0.4, 0.5) is 13.6 Å². The lowest BCUT2D eigenvalue weighted by molar-refractivity contribution is -0.151. The van der Waals surface area contributed by atoms with E-state index in [-0.39, 0.29) is 62.6 Å². The monoisotopic (exact) mass is 742 g/mol. The Balaban J connectivity index is 1.19. The Morgan fingerprint density at radius 3 is 2.00 bits per heavy atom. The number of hydrogen-bond donors (Lipinski definition) is 0. The average molecular weight is 743 g/mol. The number of rotatable bonds is 13. The molecule has 282 valence electrons. The van der Waals surface area contributed by atoms with E-state index in [0.717, 1.165) is 23.3 Å². The van der Waals surface area contributed by atoms with Gasteiger partial charge in [-0.25, -0.2) is 26.8 Å². The quantitative estimate of drug-likeness (QED) is 0.177. The van der Waals surface area contributed by atoms with Gasteiger partial charge in [0.15, 0.2) is 6.10 Å². The van der Waals surface area contributed by atoms with E-state index in [9.17, 15) is 26.8 Å². The number of hydrogen-bond acceptors (Lipinski definition) is 8. The van der Waals surface area contributed by atoms with Crippen molar-refractivity contribution in [1.29, 1.82) is 0 Å². The lowest BCUT2D eigenvalue weighted by atomic mass is 9.87. The van der Waals surface area contributed by atoms with E-state index in [2.05, 4.69) is 20.8 Å². The van der Waals surface area contributed by atoms with Crippen molar-refractivity contribution in [3.05, 3.63) is 89.5 Å². The normalized spacial score (nSPS) is 19.4. The number of esters is 1. The third-order valence-corrected chi connectivity index (χ3v) is 10.9. The van der Waals surface area contributed by atoms with E-state index in [4.69, 9.17) is 18.9 Å². The maximum Gasteiger partial charge on any atom is 0.410 e. The second-order valence-corrected chi connectivity index (χ2v) is 17.2. The number of halogens is 2. The van der Waals surface area contributed by atoms with E-state index in [1.54, 1.807) is 44.7 Å². The average Bonchev–Trinajstić information content (AvgIpc) is 3.51. The van der Waals surface area contributed by atoms with Crippen molar-refractivity contribution in [2.24, 2.45) is 11.8 Å². The molecule has 1 amide bonds. The molecule has 0 unspecified atom stereocenters. The highest BCUT2D eigenvalue weighted by Crippen LogP contribution is 2.50. The van der Waals surface area contributed by atoms with Crippen molar-refractivity contribution < 1.29 is 45.7 Å². The molecular weight excluding hydrogens is 694 g/mol. The number of amides is 1. The van der Waals surface area contributed by atoms with Gasteiger partial charge in [0, 0.05) is 31.6 Å². The van der Waals surface area contributed by atoms with Crippen LogP contribution >= 0.6 is 0 Å². The molecule has 5 rings (SSSR count). The molecule has 1 aliphatic heterocycles. The zero-order chi connectivity index (χ0) is 38.0. The van der Waals surface area contributed by atoms with Gasteiger partial charge in [-0.3, -0.25) is 0 Å². The van der Waals surface area contributed by atoms with Crippen molar-refractivity contribution in [3.63, 3.8) is 0 Å². The van der Waals surface area contributed by atoms with Crippen LogP contribution in [0, 0.1) is 23.5 Å². The molecular formula is C39H48F2N2O8S. The van der Waals surface area contributed by atoms with E-state index in [1.807, 2.05) is 36.4 Å². The molecule has 52 heavy (non-hydrogen) atoms. The van der Waals surface area contributed by atoms with E-state index in [1.165, 1.54) is 4.31 Å². The molecule has 0 aromatic heterocycles. The lowest BCUT2D eigenvalue weighted by Crippen LogP contribution is -2.44. The minimum Gasteiger partial charge on any atom is -0.492 e. The third kappa shape index (κ3) is 9.60. The van der Waals surface area contributed by atoms with E-state index in [0.29, 0.717) is 17.6 Å². The zero-order valence-electron chi connectivity index (χ0n) is 30.7. The van der Waals surface area contributed by atoms with Gasteiger partial charge in [0.2, 0.25) is 10.0 Å². The highest BCUT2D eigenvalue weighted by molar-refractivity contribution is 7.89. The summed E-state index contributed by atoms with van der Waals surface area (Å²) in [7, 11) is -4.12. The van der Waals surface area contributed by atoms with Crippen LogP contribution < -0.4 is 9.47 Å². The largest absolute Gasteiger partial charge is 0.492 e. The van der Waals surface area contributed by atoms with Crippen LogP contribution in [0.1, 0.15) is 59.6 Å². The van der Waals surface area contributed by atoms with Gasteiger partial charge in [0.25, 0.3) is 0 Å². The first-order chi connectivity index (χ1) is 24.4. The Labute approximate surface area is 305 Å². The molecule has 10 nitrogen and oxygen atoms in total. The molecule has 0 N–H and O–H groups in total. The Morgan fingerprint density at radius 2 is 1.46 bits per heavy atom. The summed E-state index contributed by atoms with van der Waals surface area (Å²) < 4.78 is 78.1. The minimum absolute atomic E-state index is 0.0167. The smallest absolute Gasteiger partial charge is 0.410 e. The maximum atomic E-state index is 13.8. The van der Waals surface area contributed by atoms with Crippen molar-refractivity contribution in [3.8, 4) is 11.5 Å². The van der Waals surface area contributed by atoms with Crippen LogP contribution in [0.5, 0.6) is 11.5 Å². The molecule has 3 aromatic rings. The van der Waals surface area contributed by atoms with Crippen molar-refractivity contribution in [2.45, 2.75) is 82.9 Å². The van der Waals surface area contributed by atoms with E-state index >= 15 is 0 Å². The van der Waals surface area contributed by atoms with Gasteiger partial charge in [-0.2, -0.15) is 4.31 Å². The van der Waals surface area contributed by atoms with Gasteiger partial charge in [-0.1, -0.05) is 45.0 Å². The topological polar surface area (TPSA) is 112 Å². The molecule has 1 aliphatic carbocycles. The summed E-state index contributed by atoms with van der Waals surface area (Å²) in [5, 5.41) is 0. The summed E-state index contributed by atoms with van der Waals surface area (Å²) >= 11 is 0. The molecule has 1 saturated carbocycles. The van der Waals surface area contributed by atoms with Gasteiger partial charge in [-0.05, 0) is 92.5 Å². The Morgan fingerprint density at radius 1 is 0.885 bits per heavy atom. The maximum absolute atomic E-state index is 13.8. The van der Waals surface area contributed by atoms with Crippen molar-refractivity contribution in [1.82, 2.24) is 9.21 Å². The number of nitrogens with zero attached hydrogens (tertiary/aromatic N) is 2. The number of carbonyl (C=O) groups is 2. The fourth-order valence-corrected chi connectivity index (χ4v) is 7.99. The molecule has 0 radical (unpaired) electrons. The molecule has 0 spiro atoms. The summed E-state index contributed by atoms with van der Waals surface area (Å²) in [6.45, 7) is 14.2. The van der Waals surface area contributed by atoms with E-state index < -0.39 is 50.3 Å². The number of carbonyl (C=O) groups excluding carboxylic acids is 2. The lowest BCUT2D eigenvalue weighted by Gasteiger charge is -2.30. The molecule has 0 bridgehead atoms. The van der Waals surface area contributed by atoms with Gasteiger partial charge < -0.3 is 23.8 Å². The highest BCUT2D eigenvalue weighted by atomic mass is 32.2. The summed E-state index contributed by atoms with van der Waals surface area (Å²) in [6, 6.07) is 16.9. The summed E-state index contributed by atoms with van der Waals surface area (Å²) in [4.78, 5) is 27.3. The fourth-order valence-electron chi connectivity index (χ4n) is 6.43. The fraction of sp³-hybridized carbons (Fsp3) is 0.487. The summed E-state index contributed by atoms with van der Waals surface area (Å²) in [5.74, 6) is -1.61. The van der Waals surface area contributed by atoms with Crippen molar-refractivity contribution in [2.75, 3.05) is 32.8 Å². The first-order valence-electron chi connectivity index (χ1n) is 17.5. The number of sulfonamides is 1. The first kappa shape index (κ1) is 39.0. The van der Waals surface area contributed by atoms with Crippen LogP contribution in [0.25, 0.3) is 0 Å². The molecule has 1 saturated heterocycles. The SMILES string of the molecule is CCOC(=O)[C@H](Cc1ccc(OCCN(C(=O)OC(C)(C)C)[C@H]2[C@@H]3CN(S(=O)(=O)c4cc(F)cc(F)c4)C[C@@H]32)cc1)Oc1ccc(C(C)(C)C)cc1. The highest BCUT2D eigenvalue weighted by Gasteiger charge is 2.61. The second kappa shape index (κ2) is 15.4. The summed E-state index contributed by atoms with van der Waals surface area (Å²) in [5.41, 5.74) is 1.21. The van der Waals surface area contributed by atoms with Gasteiger partial charge in [0.1, 0.15) is 35.3 Å². The molecule has 3 aromatic carbocycles. The Bertz CT molecular complexity index is 1810. The Kier molecular flexibility index (Phi) is 11.5. The second-order valence-electron chi connectivity index (χ2n) is 15.2. The molecule has 2 fully saturated rings. The molecule has 2 aliphatic rings. The molecule has 1 heterocycles. The predicted molar refractivity (Wildman–Crippen MR) is 191 cm³/mol. The molecule has 13 heteroatoms. The minimum atomic E-state index is -4.12. The Hall–Kier alpha value is -4.23. The van der Waals surface area contributed by atoms with Crippen LogP contribution in [0.2, 0.25) is 0 Å². The van der Waals surface area contributed by atoms with Gasteiger partial charge in [0.05, 0.1) is 18.0 Å². The number of ether oxygens (including phenoxy) is 4. The predicted octanol–water partition coefficient (Wildman–Crippen LogP) is 6.75. The summed E-state index contributed by atoms with van der Waals surface area (Å²) in [6.07, 6.45) is -1.11. The van der Waals surface area contributed by atoms with Gasteiger partial charge in [-0.15, -0.1) is 0 Å². The van der Waals surface area contributed by atoms with Crippen LogP contribution in [-0.2, 0) is 36.1 Å². The number of benzene rings is 3. The number of piperidine rings is 1. The first-order valence-corrected chi connectivity index (χ1v) is 18.9.